The second kappa shape index (κ2) is 13.7. The lowest BCUT2D eigenvalue weighted by molar-refractivity contribution is -0.145. The SMILES string of the molecule is COC(=O)C(NC(=O)c1ccc(C#CC#Cc2ccc(CN3CCOCC3)cc2)cc1)C(C)(N)C(F)CF. The number of carbonyl (C=O) groups excluding carboxylic acids is 2. The van der Waals surface area contributed by atoms with E-state index in [4.69, 9.17) is 10.5 Å². The molecule has 3 unspecified atom stereocenters. The van der Waals surface area contributed by atoms with Gasteiger partial charge in [0.05, 0.1) is 25.9 Å². The van der Waals surface area contributed by atoms with Crippen LogP contribution in [0.1, 0.15) is 34.0 Å². The topological polar surface area (TPSA) is 93.9 Å². The largest absolute Gasteiger partial charge is 0.467 e. The fourth-order valence-corrected chi connectivity index (χ4v) is 3.77. The number of nitrogens with two attached hydrogens (primary N) is 1. The molecule has 1 fully saturated rings. The molecule has 0 bridgehead atoms. The number of hydrogen-bond donors (Lipinski definition) is 2. The lowest BCUT2D eigenvalue weighted by Gasteiger charge is -2.34. The molecule has 200 valence electrons. The molecule has 1 amide bonds. The van der Waals surface area contributed by atoms with Crippen LogP contribution in [0.2, 0.25) is 0 Å². The van der Waals surface area contributed by atoms with Crippen LogP contribution in [0.5, 0.6) is 0 Å². The van der Waals surface area contributed by atoms with Crippen molar-refractivity contribution in [3.05, 3.63) is 70.8 Å². The van der Waals surface area contributed by atoms with Crippen molar-refractivity contribution in [3.8, 4) is 23.7 Å². The molecule has 0 aliphatic carbocycles. The number of methoxy groups -OCH3 is 1. The Morgan fingerprint density at radius 3 is 2.16 bits per heavy atom. The fourth-order valence-electron chi connectivity index (χ4n) is 3.77. The Bertz CT molecular complexity index is 1220. The fraction of sp³-hybridized carbons (Fsp3) is 0.379. The molecule has 7 nitrogen and oxygen atoms in total. The van der Waals surface area contributed by atoms with Crippen LogP contribution < -0.4 is 11.1 Å². The number of morpholine rings is 1. The maximum absolute atomic E-state index is 14.0. The molecular formula is C29H31F2N3O4. The number of hydrogen-bond acceptors (Lipinski definition) is 6. The van der Waals surface area contributed by atoms with Crippen molar-refractivity contribution in [3.63, 3.8) is 0 Å². The second-order valence-electron chi connectivity index (χ2n) is 9.08. The van der Waals surface area contributed by atoms with Crippen LogP contribution in [0.15, 0.2) is 48.5 Å². The highest BCUT2D eigenvalue weighted by molar-refractivity contribution is 5.97. The predicted molar refractivity (Wildman–Crippen MR) is 139 cm³/mol. The number of ether oxygens (including phenoxy) is 2. The molecule has 0 radical (unpaired) electrons. The number of nitrogens with zero attached hydrogens (tertiary/aromatic N) is 1. The molecule has 1 aliphatic rings. The van der Waals surface area contributed by atoms with Crippen molar-refractivity contribution >= 4 is 11.9 Å². The molecule has 0 aromatic heterocycles. The van der Waals surface area contributed by atoms with E-state index in [1.807, 2.05) is 12.1 Å². The number of alkyl halides is 2. The van der Waals surface area contributed by atoms with Gasteiger partial charge >= 0.3 is 5.97 Å². The minimum Gasteiger partial charge on any atom is -0.467 e. The summed E-state index contributed by atoms with van der Waals surface area (Å²) in [5, 5.41) is 2.34. The summed E-state index contributed by atoms with van der Waals surface area (Å²) >= 11 is 0. The average Bonchev–Trinajstić information content (AvgIpc) is 2.94. The Kier molecular flexibility index (Phi) is 10.4. The number of nitrogens with one attached hydrogen (secondary N) is 1. The lowest BCUT2D eigenvalue weighted by atomic mass is 9.88. The van der Waals surface area contributed by atoms with Gasteiger partial charge in [0.2, 0.25) is 0 Å². The van der Waals surface area contributed by atoms with E-state index in [2.05, 4.69) is 50.8 Å². The van der Waals surface area contributed by atoms with E-state index in [0.29, 0.717) is 5.56 Å². The average molecular weight is 524 g/mol. The van der Waals surface area contributed by atoms with Crippen LogP contribution in [-0.4, -0.2) is 74.6 Å². The molecule has 1 heterocycles. The molecule has 38 heavy (non-hydrogen) atoms. The van der Waals surface area contributed by atoms with Crippen LogP contribution in [-0.2, 0) is 20.8 Å². The van der Waals surface area contributed by atoms with Gasteiger partial charge in [0.15, 0.2) is 0 Å². The van der Waals surface area contributed by atoms with Gasteiger partial charge in [-0.3, -0.25) is 9.69 Å². The minimum absolute atomic E-state index is 0.180. The smallest absolute Gasteiger partial charge is 0.330 e. The summed E-state index contributed by atoms with van der Waals surface area (Å²) in [4.78, 5) is 27.1. The summed E-state index contributed by atoms with van der Waals surface area (Å²) in [6.07, 6.45) is -2.18. The quantitative estimate of drug-likeness (QED) is 0.407. The molecule has 3 N–H and O–H groups in total. The number of esters is 1. The van der Waals surface area contributed by atoms with Gasteiger partial charge < -0.3 is 20.5 Å². The molecule has 1 aliphatic heterocycles. The summed E-state index contributed by atoms with van der Waals surface area (Å²) in [6, 6.07) is 12.6. The van der Waals surface area contributed by atoms with Crippen molar-refractivity contribution in [1.29, 1.82) is 0 Å². The van der Waals surface area contributed by atoms with E-state index < -0.39 is 36.3 Å². The van der Waals surface area contributed by atoms with Gasteiger partial charge in [-0.2, -0.15) is 0 Å². The normalized spacial score (nSPS) is 16.4. The zero-order chi connectivity index (χ0) is 27.5. The third-order valence-corrected chi connectivity index (χ3v) is 6.23. The van der Waals surface area contributed by atoms with Crippen molar-refractivity contribution in [2.45, 2.75) is 31.2 Å². The van der Waals surface area contributed by atoms with E-state index in [0.717, 1.165) is 52.4 Å². The third-order valence-electron chi connectivity index (χ3n) is 6.23. The van der Waals surface area contributed by atoms with E-state index in [9.17, 15) is 18.4 Å². The number of rotatable bonds is 8. The molecule has 2 aromatic rings. The van der Waals surface area contributed by atoms with Gasteiger partial charge in [-0.25, -0.2) is 13.6 Å². The summed E-state index contributed by atoms with van der Waals surface area (Å²) in [5.74, 6) is 9.84. The molecule has 3 rings (SSSR count). The first-order valence-corrected chi connectivity index (χ1v) is 12.1. The van der Waals surface area contributed by atoms with Crippen LogP contribution >= 0.6 is 0 Å². The number of amides is 1. The van der Waals surface area contributed by atoms with Gasteiger partial charge in [-0.1, -0.05) is 24.0 Å². The first-order chi connectivity index (χ1) is 18.2. The lowest BCUT2D eigenvalue weighted by Crippen LogP contribution is -2.65. The summed E-state index contributed by atoms with van der Waals surface area (Å²) in [6.45, 7) is 4.02. The van der Waals surface area contributed by atoms with Crippen LogP contribution in [0, 0.1) is 23.7 Å². The van der Waals surface area contributed by atoms with E-state index >= 15 is 0 Å². The van der Waals surface area contributed by atoms with E-state index in [1.165, 1.54) is 17.7 Å². The first-order valence-electron chi connectivity index (χ1n) is 12.1. The molecule has 3 atom stereocenters. The van der Waals surface area contributed by atoms with Crippen molar-refractivity contribution in [1.82, 2.24) is 10.2 Å². The van der Waals surface area contributed by atoms with Crippen molar-refractivity contribution in [2.24, 2.45) is 5.73 Å². The monoisotopic (exact) mass is 523 g/mol. The highest BCUT2D eigenvalue weighted by atomic mass is 19.2. The van der Waals surface area contributed by atoms with Gasteiger partial charge in [-0.15, -0.1) is 0 Å². The van der Waals surface area contributed by atoms with Gasteiger partial charge in [0.1, 0.15) is 18.9 Å². The highest BCUT2D eigenvalue weighted by Gasteiger charge is 2.44. The molecule has 9 heteroatoms. The van der Waals surface area contributed by atoms with Crippen LogP contribution in [0.3, 0.4) is 0 Å². The first kappa shape index (κ1) is 28.8. The number of carbonyl (C=O) groups is 2. The Morgan fingerprint density at radius 1 is 1.08 bits per heavy atom. The van der Waals surface area contributed by atoms with Crippen LogP contribution in [0.25, 0.3) is 0 Å². The Hall–Kier alpha value is -3.76. The maximum atomic E-state index is 14.0. The number of halogens is 2. The van der Waals surface area contributed by atoms with Crippen molar-refractivity contribution < 1.29 is 27.8 Å². The Balaban J connectivity index is 1.59. The predicted octanol–water partition coefficient (Wildman–Crippen LogP) is 2.22. The third kappa shape index (κ3) is 7.87. The molecule has 0 spiro atoms. The Labute approximate surface area is 221 Å². The minimum atomic E-state index is -2.18. The second-order valence-corrected chi connectivity index (χ2v) is 9.08. The van der Waals surface area contributed by atoms with Crippen molar-refractivity contribution in [2.75, 3.05) is 40.1 Å². The summed E-state index contributed by atoms with van der Waals surface area (Å²) < 4.78 is 36.9. The molecule has 0 saturated carbocycles. The highest BCUT2D eigenvalue weighted by Crippen LogP contribution is 2.18. The standard InChI is InChI=1S/C29H31F2N3O4/c1-29(32,25(31)19-30)26(28(36)37-2)33-27(35)24-13-11-22(12-14-24)6-4-3-5-21-7-9-23(10-8-21)20-34-15-17-38-18-16-34/h7-14,25-26H,15-20,32H2,1-2H3,(H,33,35). The van der Waals surface area contributed by atoms with Crippen LogP contribution in [0.4, 0.5) is 8.78 Å². The molecule has 2 aromatic carbocycles. The van der Waals surface area contributed by atoms with Gasteiger partial charge in [0, 0.05) is 36.3 Å². The van der Waals surface area contributed by atoms with E-state index in [1.54, 1.807) is 12.1 Å². The summed E-state index contributed by atoms with van der Waals surface area (Å²) in [5.41, 5.74) is 6.69. The molecule has 1 saturated heterocycles. The molecular weight excluding hydrogens is 492 g/mol. The zero-order valence-electron chi connectivity index (χ0n) is 21.4. The number of benzene rings is 2. The summed E-state index contributed by atoms with van der Waals surface area (Å²) in [7, 11) is 1.07. The Morgan fingerprint density at radius 2 is 1.63 bits per heavy atom. The van der Waals surface area contributed by atoms with E-state index in [-0.39, 0.29) is 5.56 Å². The maximum Gasteiger partial charge on any atom is 0.330 e. The van der Waals surface area contributed by atoms with Gasteiger partial charge in [0.25, 0.3) is 5.91 Å². The zero-order valence-corrected chi connectivity index (χ0v) is 21.4. The van der Waals surface area contributed by atoms with Gasteiger partial charge in [-0.05, 0) is 60.7 Å².